The highest BCUT2D eigenvalue weighted by Crippen LogP contribution is 2.23. The average Bonchev–Trinajstić information content (AvgIpc) is 2.35. The van der Waals surface area contributed by atoms with Crippen molar-refractivity contribution in [3.05, 3.63) is 35.4 Å². The van der Waals surface area contributed by atoms with Crippen molar-refractivity contribution in [2.45, 2.75) is 38.6 Å². The number of nitrogens with one attached hydrogen (secondary N) is 1. The summed E-state index contributed by atoms with van der Waals surface area (Å²) in [5, 5.41) is 2.78. The number of carbonyl (C=O) groups excluding carboxylic acids is 1. The first-order valence-electron chi connectivity index (χ1n) is 6.32. The van der Waals surface area contributed by atoms with E-state index in [0.29, 0.717) is 5.92 Å². The average molecular weight is 253 g/mol. The van der Waals surface area contributed by atoms with E-state index in [-0.39, 0.29) is 11.6 Å². The highest BCUT2D eigenvalue weighted by atomic mass is 19.1. The van der Waals surface area contributed by atoms with Crippen LogP contribution in [-0.2, 0) is 0 Å². The van der Waals surface area contributed by atoms with Crippen molar-refractivity contribution in [3.63, 3.8) is 0 Å². The highest BCUT2D eigenvalue weighted by molar-refractivity contribution is 5.94. The molecule has 0 saturated heterocycles. The number of benzene rings is 1. The molecule has 1 N–H and O–H groups in total. The molecule has 0 bridgehead atoms. The van der Waals surface area contributed by atoms with Crippen LogP contribution in [0.5, 0.6) is 0 Å². The van der Waals surface area contributed by atoms with E-state index in [1.165, 1.54) is 0 Å². The normalized spacial score (nSPS) is 23.7. The van der Waals surface area contributed by atoms with Gasteiger partial charge in [0.15, 0.2) is 0 Å². The summed E-state index contributed by atoms with van der Waals surface area (Å²) < 4.78 is 26.4. The summed E-state index contributed by atoms with van der Waals surface area (Å²) in [6.45, 7) is 2.18. The Hall–Kier alpha value is -1.45. The second kappa shape index (κ2) is 5.46. The summed E-state index contributed by atoms with van der Waals surface area (Å²) in [4.78, 5) is 11.8. The Morgan fingerprint density at radius 2 is 1.89 bits per heavy atom. The molecule has 18 heavy (non-hydrogen) atoms. The second-order valence-electron chi connectivity index (χ2n) is 5.05. The Morgan fingerprint density at radius 1 is 1.22 bits per heavy atom. The molecule has 4 heteroatoms. The van der Waals surface area contributed by atoms with Crippen molar-refractivity contribution >= 4 is 5.91 Å². The van der Waals surface area contributed by atoms with Crippen LogP contribution in [0.2, 0.25) is 0 Å². The molecular formula is C14H17F2NO. The molecule has 0 aliphatic heterocycles. The molecule has 1 aliphatic carbocycles. The Kier molecular flexibility index (Phi) is 3.94. The summed E-state index contributed by atoms with van der Waals surface area (Å²) >= 11 is 0. The van der Waals surface area contributed by atoms with Gasteiger partial charge >= 0.3 is 0 Å². The minimum absolute atomic E-state index is 0.0800. The van der Waals surface area contributed by atoms with Crippen LogP contribution in [0.15, 0.2) is 18.2 Å². The largest absolute Gasteiger partial charge is 0.349 e. The van der Waals surface area contributed by atoms with Gasteiger partial charge in [0.05, 0.1) is 5.56 Å². The zero-order valence-corrected chi connectivity index (χ0v) is 10.4. The molecule has 98 valence electrons. The molecule has 0 heterocycles. The first-order valence-corrected chi connectivity index (χ1v) is 6.32. The zero-order valence-electron chi connectivity index (χ0n) is 10.4. The number of hydrogen-bond donors (Lipinski definition) is 1. The number of carbonyl (C=O) groups is 1. The number of halogens is 2. The molecule has 1 aromatic rings. The smallest absolute Gasteiger partial charge is 0.254 e. The fourth-order valence-corrected chi connectivity index (χ4v) is 2.34. The molecule has 0 unspecified atom stereocenters. The molecule has 1 saturated carbocycles. The van der Waals surface area contributed by atoms with Crippen molar-refractivity contribution in [1.29, 1.82) is 0 Å². The lowest BCUT2D eigenvalue weighted by atomic mass is 9.87. The van der Waals surface area contributed by atoms with E-state index >= 15 is 0 Å². The van der Waals surface area contributed by atoms with Crippen LogP contribution in [-0.4, -0.2) is 11.9 Å². The lowest BCUT2D eigenvalue weighted by molar-refractivity contribution is 0.0918. The van der Waals surface area contributed by atoms with Gasteiger partial charge in [-0.3, -0.25) is 4.79 Å². The minimum atomic E-state index is -0.682. The quantitative estimate of drug-likeness (QED) is 0.861. The topological polar surface area (TPSA) is 29.1 Å². The highest BCUT2D eigenvalue weighted by Gasteiger charge is 2.21. The number of hydrogen-bond acceptors (Lipinski definition) is 1. The third kappa shape index (κ3) is 3.06. The number of rotatable bonds is 2. The molecule has 2 nitrogen and oxygen atoms in total. The van der Waals surface area contributed by atoms with Gasteiger partial charge in [-0.1, -0.05) is 6.92 Å². The van der Waals surface area contributed by atoms with Crippen LogP contribution < -0.4 is 5.32 Å². The van der Waals surface area contributed by atoms with E-state index in [2.05, 4.69) is 12.2 Å². The Morgan fingerprint density at radius 3 is 2.56 bits per heavy atom. The van der Waals surface area contributed by atoms with E-state index in [1.54, 1.807) is 0 Å². The maximum atomic E-state index is 13.4. The second-order valence-corrected chi connectivity index (χ2v) is 5.05. The van der Waals surface area contributed by atoms with E-state index in [4.69, 9.17) is 0 Å². The monoisotopic (exact) mass is 253 g/mol. The SMILES string of the molecule is CC1CCC(NC(=O)c2cc(F)ccc2F)CC1. The standard InChI is InChI=1S/C14H17F2NO/c1-9-2-5-11(6-3-9)17-14(18)12-8-10(15)4-7-13(12)16/h4,7-9,11H,2-3,5-6H2,1H3,(H,17,18). The zero-order chi connectivity index (χ0) is 13.1. The summed E-state index contributed by atoms with van der Waals surface area (Å²) in [5.74, 6) is -1.12. The molecule has 1 aromatic carbocycles. The Bertz CT molecular complexity index is 439. The van der Waals surface area contributed by atoms with Crippen LogP contribution in [0.4, 0.5) is 8.78 Å². The van der Waals surface area contributed by atoms with Gasteiger partial charge in [0.1, 0.15) is 11.6 Å². The first kappa shape index (κ1) is 13.0. The van der Waals surface area contributed by atoms with Crippen LogP contribution in [0, 0.1) is 17.6 Å². The van der Waals surface area contributed by atoms with Gasteiger partial charge in [0.2, 0.25) is 0 Å². The van der Waals surface area contributed by atoms with Gasteiger partial charge in [0, 0.05) is 6.04 Å². The lowest BCUT2D eigenvalue weighted by Crippen LogP contribution is -2.37. The maximum absolute atomic E-state index is 13.4. The van der Waals surface area contributed by atoms with Crippen molar-refractivity contribution in [3.8, 4) is 0 Å². The predicted octanol–water partition coefficient (Wildman–Crippen LogP) is 3.27. The fraction of sp³-hybridized carbons (Fsp3) is 0.500. The predicted molar refractivity (Wildman–Crippen MR) is 65.2 cm³/mol. The van der Waals surface area contributed by atoms with Gasteiger partial charge in [-0.15, -0.1) is 0 Å². The summed E-state index contributed by atoms with van der Waals surface area (Å²) in [6, 6.07) is 3.01. The Labute approximate surface area is 105 Å². The van der Waals surface area contributed by atoms with Gasteiger partial charge in [-0.25, -0.2) is 8.78 Å². The van der Waals surface area contributed by atoms with Crippen LogP contribution in [0.3, 0.4) is 0 Å². The van der Waals surface area contributed by atoms with E-state index in [0.717, 1.165) is 43.9 Å². The van der Waals surface area contributed by atoms with Crippen LogP contribution >= 0.6 is 0 Å². The molecule has 2 rings (SSSR count). The molecule has 0 radical (unpaired) electrons. The van der Waals surface area contributed by atoms with Gasteiger partial charge in [0.25, 0.3) is 5.91 Å². The third-order valence-corrected chi connectivity index (χ3v) is 3.52. The summed E-state index contributed by atoms with van der Waals surface area (Å²) in [7, 11) is 0. The molecule has 1 amide bonds. The Balaban J connectivity index is 2.01. The molecule has 0 aromatic heterocycles. The van der Waals surface area contributed by atoms with Crippen molar-refractivity contribution < 1.29 is 13.6 Å². The van der Waals surface area contributed by atoms with Gasteiger partial charge in [-0.05, 0) is 49.8 Å². The summed E-state index contributed by atoms with van der Waals surface area (Å²) in [5.41, 5.74) is -0.214. The molecule has 0 spiro atoms. The number of amides is 1. The van der Waals surface area contributed by atoms with Gasteiger partial charge < -0.3 is 5.32 Å². The van der Waals surface area contributed by atoms with Gasteiger partial charge in [-0.2, -0.15) is 0 Å². The minimum Gasteiger partial charge on any atom is -0.349 e. The maximum Gasteiger partial charge on any atom is 0.254 e. The van der Waals surface area contributed by atoms with E-state index in [1.807, 2.05) is 0 Å². The summed E-state index contributed by atoms with van der Waals surface area (Å²) in [6.07, 6.45) is 3.95. The van der Waals surface area contributed by atoms with Crippen molar-refractivity contribution in [1.82, 2.24) is 5.32 Å². The van der Waals surface area contributed by atoms with E-state index < -0.39 is 17.5 Å². The fourth-order valence-electron chi connectivity index (χ4n) is 2.34. The first-order chi connectivity index (χ1) is 8.56. The molecule has 1 aliphatic rings. The van der Waals surface area contributed by atoms with Crippen LogP contribution in [0.1, 0.15) is 43.0 Å². The molecule has 0 atom stereocenters. The van der Waals surface area contributed by atoms with Crippen molar-refractivity contribution in [2.24, 2.45) is 5.92 Å². The third-order valence-electron chi connectivity index (χ3n) is 3.52. The van der Waals surface area contributed by atoms with E-state index in [9.17, 15) is 13.6 Å². The van der Waals surface area contributed by atoms with Crippen LogP contribution in [0.25, 0.3) is 0 Å². The van der Waals surface area contributed by atoms with Crippen molar-refractivity contribution in [2.75, 3.05) is 0 Å². The lowest BCUT2D eigenvalue weighted by Gasteiger charge is -2.26. The molecular weight excluding hydrogens is 236 g/mol. The molecule has 1 fully saturated rings.